The topological polar surface area (TPSA) is 50.2 Å². The number of imidazole rings is 1. The van der Waals surface area contributed by atoms with Gasteiger partial charge in [-0.3, -0.25) is 9.69 Å². The Kier molecular flexibility index (Phi) is 5.49. The van der Waals surface area contributed by atoms with Gasteiger partial charge in [-0.05, 0) is 30.2 Å². The van der Waals surface area contributed by atoms with Gasteiger partial charge in [-0.2, -0.15) is 0 Å². The van der Waals surface area contributed by atoms with Crippen LogP contribution >= 0.6 is 0 Å². The zero-order valence-corrected chi connectivity index (χ0v) is 17.1. The van der Waals surface area contributed by atoms with Crippen molar-refractivity contribution in [2.24, 2.45) is 7.05 Å². The molecule has 1 aliphatic rings. The predicted molar refractivity (Wildman–Crippen MR) is 114 cm³/mol. The molecule has 0 aliphatic heterocycles. The number of likely N-dealkylation sites (N-methyl/N-ethyl adjacent to an activating group) is 1. The highest BCUT2D eigenvalue weighted by Crippen LogP contribution is 2.34. The number of nitrogens with zero attached hydrogens (tertiary/aromatic N) is 3. The molecule has 1 N–H and O–H groups in total. The Balaban J connectivity index is 1.53. The van der Waals surface area contributed by atoms with Crippen LogP contribution < -0.4 is 5.32 Å². The van der Waals surface area contributed by atoms with Crippen LogP contribution in [0.1, 0.15) is 22.5 Å². The number of hydrogen-bond donors (Lipinski definition) is 1. The number of aromatic nitrogens is 2. The van der Waals surface area contributed by atoms with Crippen LogP contribution in [0.5, 0.6) is 0 Å². The Hall–Kier alpha value is -2.92. The first kappa shape index (κ1) is 19.4. The van der Waals surface area contributed by atoms with Gasteiger partial charge < -0.3 is 9.88 Å². The lowest BCUT2D eigenvalue weighted by Gasteiger charge is -2.37. The average molecular weight is 389 g/mol. The second-order valence-corrected chi connectivity index (χ2v) is 7.95. The van der Waals surface area contributed by atoms with Crippen LogP contribution in [0.4, 0.5) is 0 Å². The molecule has 0 fully saturated rings. The van der Waals surface area contributed by atoms with Crippen LogP contribution in [0.15, 0.2) is 67.0 Å². The molecule has 5 heteroatoms. The molecule has 1 heterocycles. The van der Waals surface area contributed by atoms with Crippen LogP contribution in [0.3, 0.4) is 0 Å². The molecule has 0 spiro atoms. The zero-order valence-electron chi connectivity index (χ0n) is 17.1. The van der Waals surface area contributed by atoms with Crippen LogP contribution in [0.25, 0.3) is 0 Å². The van der Waals surface area contributed by atoms with Gasteiger partial charge in [0, 0.05) is 38.8 Å². The molecular formula is C24H28N4O. The molecule has 3 aromatic rings. The summed E-state index contributed by atoms with van der Waals surface area (Å²) in [4.78, 5) is 20.1. The van der Waals surface area contributed by atoms with Crippen molar-refractivity contribution in [2.45, 2.75) is 31.3 Å². The minimum Gasteiger partial charge on any atom is -0.347 e. The summed E-state index contributed by atoms with van der Waals surface area (Å²) < 4.78 is 1.94. The molecule has 0 atom stereocenters. The Morgan fingerprint density at radius 3 is 2.38 bits per heavy atom. The van der Waals surface area contributed by atoms with E-state index in [1.54, 1.807) is 6.20 Å². The largest absolute Gasteiger partial charge is 0.347 e. The Morgan fingerprint density at radius 2 is 1.76 bits per heavy atom. The summed E-state index contributed by atoms with van der Waals surface area (Å²) in [5, 5.41) is 3.16. The van der Waals surface area contributed by atoms with Crippen LogP contribution in [0, 0.1) is 0 Å². The SMILES string of the molecule is CN(CCc1ccccc1)C1(C(=O)NCc2nccn2C)Cc2ccccc2C1. The summed E-state index contributed by atoms with van der Waals surface area (Å²) in [5.41, 5.74) is 3.26. The molecule has 0 unspecified atom stereocenters. The fraction of sp³-hybridized carbons (Fsp3) is 0.333. The van der Waals surface area contributed by atoms with Gasteiger partial charge in [0.15, 0.2) is 0 Å². The molecular weight excluding hydrogens is 360 g/mol. The highest BCUT2D eigenvalue weighted by Gasteiger charge is 2.46. The minimum atomic E-state index is -0.566. The molecule has 0 saturated carbocycles. The smallest absolute Gasteiger partial charge is 0.241 e. The fourth-order valence-electron chi connectivity index (χ4n) is 4.25. The van der Waals surface area contributed by atoms with Crippen molar-refractivity contribution in [3.63, 3.8) is 0 Å². The summed E-state index contributed by atoms with van der Waals surface area (Å²) in [6.45, 7) is 1.26. The van der Waals surface area contributed by atoms with E-state index < -0.39 is 5.54 Å². The Morgan fingerprint density at radius 1 is 1.10 bits per heavy atom. The van der Waals surface area contributed by atoms with Gasteiger partial charge in [0.25, 0.3) is 0 Å². The lowest BCUT2D eigenvalue weighted by molar-refractivity contribution is -0.132. The first-order valence-corrected chi connectivity index (χ1v) is 10.1. The molecule has 150 valence electrons. The van der Waals surface area contributed by atoms with E-state index in [4.69, 9.17) is 0 Å². The molecule has 1 aromatic heterocycles. The minimum absolute atomic E-state index is 0.0762. The van der Waals surface area contributed by atoms with Gasteiger partial charge in [0.2, 0.25) is 5.91 Å². The lowest BCUT2D eigenvalue weighted by Crippen LogP contribution is -2.58. The number of carbonyl (C=O) groups is 1. The summed E-state index contributed by atoms with van der Waals surface area (Å²) in [7, 11) is 4.02. The number of fused-ring (bicyclic) bond motifs is 1. The summed E-state index contributed by atoms with van der Waals surface area (Å²) in [5.74, 6) is 0.934. The predicted octanol–water partition coefficient (Wildman–Crippen LogP) is 2.75. The van der Waals surface area contributed by atoms with Crippen LogP contribution in [-0.4, -0.2) is 39.5 Å². The van der Waals surface area contributed by atoms with E-state index in [0.717, 1.165) is 31.6 Å². The molecule has 5 nitrogen and oxygen atoms in total. The van der Waals surface area contributed by atoms with Gasteiger partial charge >= 0.3 is 0 Å². The molecule has 1 aliphatic carbocycles. The molecule has 0 radical (unpaired) electrons. The lowest BCUT2D eigenvalue weighted by atomic mass is 9.91. The molecule has 29 heavy (non-hydrogen) atoms. The van der Waals surface area contributed by atoms with E-state index >= 15 is 0 Å². The van der Waals surface area contributed by atoms with Gasteiger partial charge in [0.05, 0.1) is 6.54 Å². The maximum atomic E-state index is 13.5. The highest BCUT2D eigenvalue weighted by molar-refractivity contribution is 5.88. The van der Waals surface area contributed by atoms with E-state index in [1.807, 2.05) is 23.9 Å². The van der Waals surface area contributed by atoms with Gasteiger partial charge in [0.1, 0.15) is 11.4 Å². The Labute approximate surface area is 172 Å². The molecule has 2 aromatic carbocycles. The number of nitrogens with one attached hydrogen (secondary N) is 1. The van der Waals surface area contributed by atoms with Crippen molar-refractivity contribution in [1.29, 1.82) is 0 Å². The van der Waals surface area contributed by atoms with Crippen molar-refractivity contribution in [2.75, 3.05) is 13.6 Å². The second-order valence-electron chi connectivity index (χ2n) is 7.95. The Bertz CT molecular complexity index is 954. The van der Waals surface area contributed by atoms with Crippen LogP contribution in [0.2, 0.25) is 0 Å². The summed E-state index contributed by atoms with van der Waals surface area (Å²) >= 11 is 0. The van der Waals surface area contributed by atoms with Crippen molar-refractivity contribution in [1.82, 2.24) is 19.8 Å². The first-order chi connectivity index (χ1) is 14.1. The van der Waals surface area contributed by atoms with Crippen molar-refractivity contribution in [3.8, 4) is 0 Å². The standard InChI is InChI=1S/C24H28N4O/c1-27-15-13-25-22(27)18-26-23(29)24(16-20-10-6-7-11-21(20)17-24)28(2)14-12-19-8-4-3-5-9-19/h3-11,13,15H,12,14,16-18H2,1-2H3,(H,26,29). The van der Waals surface area contributed by atoms with Gasteiger partial charge in [-0.1, -0.05) is 54.6 Å². The van der Waals surface area contributed by atoms with E-state index in [2.05, 4.69) is 70.8 Å². The third kappa shape index (κ3) is 3.96. The second kappa shape index (κ2) is 8.21. The van der Waals surface area contributed by atoms with Crippen molar-refractivity contribution in [3.05, 3.63) is 89.5 Å². The quantitative estimate of drug-likeness (QED) is 0.677. The highest BCUT2D eigenvalue weighted by atomic mass is 16.2. The van der Waals surface area contributed by atoms with Crippen molar-refractivity contribution >= 4 is 5.91 Å². The third-order valence-electron chi connectivity index (χ3n) is 6.14. The molecule has 4 rings (SSSR count). The van der Waals surface area contributed by atoms with Gasteiger partial charge in [-0.15, -0.1) is 0 Å². The zero-order chi connectivity index (χ0) is 20.3. The number of hydrogen-bond acceptors (Lipinski definition) is 3. The molecule has 1 amide bonds. The van der Waals surface area contributed by atoms with E-state index in [0.29, 0.717) is 6.54 Å². The number of carbonyl (C=O) groups excluding carboxylic acids is 1. The number of aryl methyl sites for hydroxylation is 1. The molecule has 0 saturated heterocycles. The third-order valence-corrected chi connectivity index (χ3v) is 6.14. The van der Waals surface area contributed by atoms with Gasteiger partial charge in [-0.25, -0.2) is 4.98 Å². The van der Waals surface area contributed by atoms with Crippen LogP contribution in [-0.2, 0) is 37.6 Å². The van der Waals surface area contributed by atoms with E-state index in [1.165, 1.54) is 16.7 Å². The summed E-state index contributed by atoms with van der Waals surface area (Å²) in [6.07, 6.45) is 6.05. The number of rotatable bonds is 7. The summed E-state index contributed by atoms with van der Waals surface area (Å²) in [6, 6.07) is 18.9. The normalized spacial score (nSPS) is 14.7. The fourth-order valence-corrected chi connectivity index (χ4v) is 4.25. The van der Waals surface area contributed by atoms with E-state index in [-0.39, 0.29) is 5.91 Å². The number of benzene rings is 2. The number of amides is 1. The van der Waals surface area contributed by atoms with E-state index in [9.17, 15) is 4.79 Å². The maximum Gasteiger partial charge on any atom is 0.241 e. The first-order valence-electron chi connectivity index (χ1n) is 10.1. The maximum absolute atomic E-state index is 13.5. The average Bonchev–Trinajstić information content (AvgIpc) is 3.35. The molecule has 0 bridgehead atoms. The monoisotopic (exact) mass is 388 g/mol. The van der Waals surface area contributed by atoms with Crippen molar-refractivity contribution < 1.29 is 4.79 Å².